The molecule has 6 nitrogen and oxygen atoms in total. The van der Waals surface area contributed by atoms with Crippen molar-refractivity contribution in [1.82, 2.24) is 9.80 Å². The third-order valence-electron chi connectivity index (χ3n) is 4.12. The molecule has 0 spiro atoms. The van der Waals surface area contributed by atoms with Gasteiger partial charge in [0.2, 0.25) is 0 Å². The molecule has 0 radical (unpaired) electrons. The van der Waals surface area contributed by atoms with Gasteiger partial charge in [0.1, 0.15) is 0 Å². The van der Waals surface area contributed by atoms with Crippen molar-refractivity contribution in [2.75, 3.05) is 38.5 Å². The summed E-state index contributed by atoms with van der Waals surface area (Å²) in [5, 5.41) is 2.75. The molecule has 0 atom stereocenters. The number of hydrogen-bond donors (Lipinski definition) is 1. The van der Waals surface area contributed by atoms with E-state index in [9.17, 15) is 9.59 Å². The number of amides is 2. The molecule has 1 aliphatic rings. The number of rotatable bonds is 3. The van der Waals surface area contributed by atoms with Gasteiger partial charge in [-0.05, 0) is 50.3 Å². The first kappa shape index (κ1) is 16.3. The number of nitrogens with zero attached hydrogens (tertiary/aromatic N) is 2. The summed E-state index contributed by atoms with van der Waals surface area (Å²) < 4.78 is 5.07. The SMILES string of the molecule is CN1CCCN(C(=O)c2cccc(NC(=O)c3ccco3)c2)CC1. The van der Waals surface area contributed by atoms with Gasteiger partial charge in [0.15, 0.2) is 5.76 Å². The Balaban J connectivity index is 1.70. The summed E-state index contributed by atoms with van der Waals surface area (Å²) in [5.74, 6) is -0.0947. The first-order valence-corrected chi connectivity index (χ1v) is 8.06. The second-order valence-electron chi connectivity index (χ2n) is 5.96. The molecule has 3 rings (SSSR count). The fourth-order valence-corrected chi connectivity index (χ4v) is 2.76. The van der Waals surface area contributed by atoms with E-state index in [0.717, 1.165) is 32.6 Å². The zero-order chi connectivity index (χ0) is 16.9. The fourth-order valence-electron chi connectivity index (χ4n) is 2.76. The van der Waals surface area contributed by atoms with E-state index in [4.69, 9.17) is 4.42 Å². The maximum atomic E-state index is 12.7. The monoisotopic (exact) mass is 327 g/mol. The third kappa shape index (κ3) is 3.83. The van der Waals surface area contributed by atoms with E-state index >= 15 is 0 Å². The van der Waals surface area contributed by atoms with Crippen LogP contribution in [-0.4, -0.2) is 54.8 Å². The van der Waals surface area contributed by atoms with Crippen molar-refractivity contribution in [3.63, 3.8) is 0 Å². The summed E-state index contributed by atoms with van der Waals surface area (Å²) in [5.41, 5.74) is 1.16. The van der Waals surface area contributed by atoms with E-state index in [1.54, 1.807) is 36.4 Å². The van der Waals surface area contributed by atoms with Crippen LogP contribution in [0.3, 0.4) is 0 Å². The van der Waals surface area contributed by atoms with Gasteiger partial charge in [-0.3, -0.25) is 9.59 Å². The number of furan rings is 1. The van der Waals surface area contributed by atoms with Gasteiger partial charge in [0.05, 0.1) is 6.26 Å². The van der Waals surface area contributed by atoms with Crippen molar-refractivity contribution in [3.05, 3.63) is 54.0 Å². The Morgan fingerprint density at radius 1 is 1.08 bits per heavy atom. The molecule has 126 valence electrons. The number of carbonyl (C=O) groups is 2. The average molecular weight is 327 g/mol. The lowest BCUT2D eigenvalue weighted by Crippen LogP contribution is -2.34. The first-order chi connectivity index (χ1) is 11.6. The normalized spacial score (nSPS) is 15.8. The lowest BCUT2D eigenvalue weighted by atomic mass is 10.1. The maximum absolute atomic E-state index is 12.7. The van der Waals surface area contributed by atoms with Crippen LogP contribution in [0, 0.1) is 0 Å². The second-order valence-corrected chi connectivity index (χ2v) is 5.96. The van der Waals surface area contributed by atoms with Gasteiger partial charge in [-0.1, -0.05) is 6.07 Å². The fraction of sp³-hybridized carbons (Fsp3) is 0.333. The van der Waals surface area contributed by atoms with Gasteiger partial charge < -0.3 is 19.5 Å². The van der Waals surface area contributed by atoms with Crippen LogP contribution in [0.5, 0.6) is 0 Å². The topological polar surface area (TPSA) is 65.8 Å². The molecule has 2 heterocycles. The van der Waals surface area contributed by atoms with Crippen LogP contribution < -0.4 is 5.32 Å². The van der Waals surface area contributed by atoms with E-state index in [0.29, 0.717) is 11.3 Å². The highest BCUT2D eigenvalue weighted by atomic mass is 16.3. The van der Waals surface area contributed by atoms with Crippen molar-refractivity contribution in [2.24, 2.45) is 0 Å². The van der Waals surface area contributed by atoms with E-state index < -0.39 is 0 Å². The molecule has 1 fully saturated rings. The highest BCUT2D eigenvalue weighted by Crippen LogP contribution is 2.15. The molecule has 2 amide bonds. The zero-order valence-electron chi connectivity index (χ0n) is 13.7. The number of anilines is 1. The van der Waals surface area contributed by atoms with Crippen molar-refractivity contribution in [1.29, 1.82) is 0 Å². The summed E-state index contributed by atoms with van der Waals surface area (Å²) in [6.45, 7) is 3.36. The van der Waals surface area contributed by atoms with Crippen LogP contribution >= 0.6 is 0 Å². The molecule has 1 aliphatic heterocycles. The van der Waals surface area contributed by atoms with Crippen LogP contribution in [0.2, 0.25) is 0 Å². The average Bonchev–Trinajstić information content (AvgIpc) is 3.04. The van der Waals surface area contributed by atoms with Gasteiger partial charge in [-0.15, -0.1) is 0 Å². The Bertz CT molecular complexity index is 712. The molecule has 1 aromatic carbocycles. The minimum atomic E-state index is -0.332. The lowest BCUT2D eigenvalue weighted by molar-refractivity contribution is 0.0762. The third-order valence-corrected chi connectivity index (χ3v) is 4.12. The number of benzene rings is 1. The van der Waals surface area contributed by atoms with Crippen LogP contribution in [0.1, 0.15) is 27.3 Å². The molecule has 1 saturated heterocycles. The molecular weight excluding hydrogens is 306 g/mol. The maximum Gasteiger partial charge on any atom is 0.291 e. The quantitative estimate of drug-likeness (QED) is 0.939. The Hall–Kier alpha value is -2.60. The van der Waals surface area contributed by atoms with E-state index in [1.165, 1.54) is 6.26 Å². The van der Waals surface area contributed by atoms with Crippen LogP contribution in [0.4, 0.5) is 5.69 Å². The molecule has 0 bridgehead atoms. The highest BCUT2D eigenvalue weighted by Gasteiger charge is 2.19. The predicted molar refractivity (Wildman–Crippen MR) is 91.1 cm³/mol. The van der Waals surface area contributed by atoms with Crippen molar-refractivity contribution >= 4 is 17.5 Å². The largest absolute Gasteiger partial charge is 0.459 e. The Kier molecular flexibility index (Phi) is 4.96. The highest BCUT2D eigenvalue weighted by molar-refractivity contribution is 6.03. The lowest BCUT2D eigenvalue weighted by Gasteiger charge is -2.21. The molecule has 2 aromatic rings. The van der Waals surface area contributed by atoms with E-state index in [2.05, 4.69) is 17.3 Å². The van der Waals surface area contributed by atoms with Crippen LogP contribution in [-0.2, 0) is 0 Å². The first-order valence-electron chi connectivity index (χ1n) is 8.06. The Morgan fingerprint density at radius 3 is 2.75 bits per heavy atom. The molecule has 0 unspecified atom stereocenters. The predicted octanol–water partition coefficient (Wildman–Crippen LogP) is 2.31. The standard InChI is InChI=1S/C18H21N3O3/c1-20-8-4-9-21(11-10-20)18(23)14-5-2-6-15(13-14)19-17(22)16-7-3-12-24-16/h2-3,5-7,12-13H,4,8-11H2,1H3,(H,19,22). The number of likely N-dealkylation sites (N-methyl/N-ethyl adjacent to an activating group) is 1. The Labute approximate surface area is 141 Å². The van der Waals surface area contributed by atoms with E-state index in [-0.39, 0.29) is 17.6 Å². The van der Waals surface area contributed by atoms with Gasteiger partial charge in [-0.25, -0.2) is 0 Å². The molecule has 24 heavy (non-hydrogen) atoms. The molecule has 1 N–H and O–H groups in total. The summed E-state index contributed by atoms with van der Waals surface area (Å²) in [7, 11) is 2.07. The smallest absolute Gasteiger partial charge is 0.291 e. The van der Waals surface area contributed by atoms with Crippen molar-refractivity contribution in [3.8, 4) is 0 Å². The number of hydrogen-bond acceptors (Lipinski definition) is 4. The van der Waals surface area contributed by atoms with Gasteiger partial charge in [0.25, 0.3) is 11.8 Å². The zero-order valence-corrected chi connectivity index (χ0v) is 13.7. The van der Waals surface area contributed by atoms with Crippen molar-refractivity contribution < 1.29 is 14.0 Å². The minimum Gasteiger partial charge on any atom is -0.459 e. The molecule has 1 aromatic heterocycles. The minimum absolute atomic E-state index is 0.000558. The van der Waals surface area contributed by atoms with Gasteiger partial charge in [0, 0.05) is 30.9 Å². The van der Waals surface area contributed by atoms with Crippen molar-refractivity contribution in [2.45, 2.75) is 6.42 Å². The van der Waals surface area contributed by atoms with Crippen LogP contribution in [0.15, 0.2) is 47.1 Å². The van der Waals surface area contributed by atoms with E-state index in [1.807, 2.05) is 4.90 Å². The summed E-state index contributed by atoms with van der Waals surface area (Å²) in [6.07, 6.45) is 2.42. The number of carbonyl (C=O) groups excluding carboxylic acids is 2. The van der Waals surface area contributed by atoms with Crippen LogP contribution in [0.25, 0.3) is 0 Å². The Morgan fingerprint density at radius 2 is 1.96 bits per heavy atom. The molecular formula is C18H21N3O3. The number of nitrogens with one attached hydrogen (secondary N) is 1. The summed E-state index contributed by atoms with van der Waals surface area (Å²) in [4.78, 5) is 28.8. The summed E-state index contributed by atoms with van der Waals surface area (Å²) >= 11 is 0. The molecule has 6 heteroatoms. The van der Waals surface area contributed by atoms with Gasteiger partial charge in [-0.2, -0.15) is 0 Å². The second kappa shape index (κ2) is 7.31. The summed E-state index contributed by atoms with van der Waals surface area (Å²) in [6, 6.07) is 10.3. The van der Waals surface area contributed by atoms with Gasteiger partial charge >= 0.3 is 0 Å². The molecule has 0 aliphatic carbocycles. The molecule has 0 saturated carbocycles.